The Morgan fingerprint density at radius 1 is 1.32 bits per heavy atom. The second-order valence-corrected chi connectivity index (χ2v) is 4.26. The van der Waals surface area contributed by atoms with E-state index in [2.05, 4.69) is 4.98 Å². The highest BCUT2D eigenvalue weighted by Crippen LogP contribution is 2.31. The van der Waals surface area contributed by atoms with Crippen LogP contribution in [0.1, 0.15) is 0 Å². The zero-order valence-corrected chi connectivity index (χ0v) is 10.7. The van der Waals surface area contributed by atoms with Crippen molar-refractivity contribution >= 4 is 28.9 Å². The van der Waals surface area contributed by atoms with Crippen LogP contribution in [0.3, 0.4) is 0 Å². The third kappa shape index (κ3) is 3.10. The van der Waals surface area contributed by atoms with Gasteiger partial charge in [-0.1, -0.05) is 23.2 Å². The normalized spacial score (nSPS) is 10.3. The van der Waals surface area contributed by atoms with Crippen LogP contribution in [-0.2, 0) is 0 Å². The summed E-state index contributed by atoms with van der Waals surface area (Å²) < 4.78 is 18.6. The first kappa shape index (κ1) is 13.5. The van der Waals surface area contributed by atoms with E-state index in [0.29, 0.717) is 0 Å². The molecule has 0 spiro atoms. The molecule has 0 bridgehead atoms. The van der Waals surface area contributed by atoms with Crippen LogP contribution in [0.4, 0.5) is 10.1 Å². The van der Waals surface area contributed by atoms with E-state index in [9.17, 15) is 14.5 Å². The van der Waals surface area contributed by atoms with E-state index in [-0.39, 0.29) is 27.4 Å². The zero-order valence-electron chi connectivity index (χ0n) is 9.14. The van der Waals surface area contributed by atoms with Gasteiger partial charge in [-0.2, -0.15) is 0 Å². The molecule has 0 N–H and O–H groups in total. The lowest BCUT2D eigenvalue weighted by molar-refractivity contribution is -0.384. The lowest BCUT2D eigenvalue weighted by atomic mass is 10.3. The van der Waals surface area contributed by atoms with Crippen LogP contribution >= 0.6 is 23.2 Å². The Morgan fingerprint density at radius 3 is 2.63 bits per heavy atom. The summed E-state index contributed by atoms with van der Waals surface area (Å²) >= 11 is 11.2. The van der Waals surface area contributed by atoms with Crippen molar-refractivity contribution in [1.29, 1.82) is 0 Å². The maximum atomic E-state index is 13.4. The summed E-state index contributed by atoms with van der Waals surface area (Å²) in [6.07, 6.45) is 1.22. The largest absolute Gasteiger partial charge is 0.436 e. The molecule has 0 radical (unpaired) electrons. The zero-order chi connectivity index (χ0) is 14.0. The molecular weight excluding hydrogens is 298 g/mol. The number of benzene rings is 1. The summed E-state index contributed by atoms with van der Waals surface area (Å²) in [4.78, 5) is 13.6. The number of pyridine rings is 1. The van der Waals surface area contributed by atoms with Crippen LogP contribution in [0.2, 0.25) is 10.0 Å². The number of nitro benzene ring substituents is 1. The molecule has 2 aromatic rings. The van der Waals surface area contributed by atoms with Gasteiger partial charge in [0.2, 0.25) is 0 Å². The van der Waals surface area contributed by atoms with Crippen molar-refractivity contribution in [2.75, 3.05) is 0 Å². The second kappa shape index (κ2) is 5.38. The van der Waals surface area contributed by atoms with Crippen LogP contribution in [0.5, 0.6) is 11.6 Å². The van der Waals surface area contributed by atoms with Crippen molar-refractivity contribution < 1.29 is 14.1 Å². The number of aromatic nitrogens is 1. The van der Waals surface area contributed by atoms with E-state index in [4.69, 9.17) is 27.9 Å². The van der Waals surface area contributed by atoms with Crippen LogP contribution < -0.4 is 4.74 Å². The molecule has 1 heterocycles. The van der Waals surface area contributed by atoms with Gasteiger partial charge in [0, 0.05) is 18.3 Å². The first-order chi connectivity index (χ1) is 8.97. The average Bonchev–Trinajstić information content (AvgIpc) is 2.32. The van der Waals surface area contributed by atoms with Crippen molar-refractivity contribution in [3.63, 3.8) is 0 Å². The Kier molecular flexibility index (Phi) is 3.82. The molecule has 98 valence electrons. The fraction of sp³-hybridized carbons (Fsp3) is 0. The van der Waals surface area contributed by atoms with Crippen LogP contribution in [0.25, 0.3) is 0 Å². The third-order valence-corrected chi connectivity index (χ3v) is 2.61. The highest BCUT2D eigenvalue weighted by atomic mass is 35.5. The Balaban J connectivity index is 2.29. The maximum absolute atomic E-state index is 13.4. The van der Waals surface area contributed by atoms with Gasteiger partial charge in [-0.25, -0.2) is 9.37 Å². The molecule has 2 rings (SSSR count). The molecule has 0 aliphatic heterocycles. The molecule has 19 heavy (non-hydrogen) atoms. The molecule has 1 aromatic heterocycles. The van der Waals surface area contributed by atoms with Crippen LogP contribution in [-0.4, -0.2) is 9.91 Å². The Labute approximate surface area is 116 Å². The minimum Gasteiger partial charge on any atom is -0.436 e. The summed E-state index contributed by atoms with van der Waals surface area (Å²) in [5.41, 5.74) is -0.265. The molecule has 0 atom stereocenters. The Bertz CT molecular complexity index is 652. The van der Waals surface area contributed by atoms with E-state index in [0.717, 1.165) is 12.1 Å². The number of nitrogens with zero attached hydrogens (tertiary/aromatic N) is 2. The van der Waals surface area contributed by atoms with Gasteiger partial charge in [0.15, 0.2) is 5.82 Å². The van der Waals surface area contributed by atoms with E-state index in [1.165, 1.54) is 18.3 Å². The van der Waals surface area contributed by atoms with Gasteiger partial charge < -0.3 is 4.74 Å². The van der Waals surface area contributed by atoms with Crippen LogP contribution in [0, 0.1) is 15.9 Å². The Morgan fingerprint density at radius 2 is 2.05 bits per heavy atom. The first-order valence-electron chi connectivity index (χ1n) is 4.90. The van der Waals surface area contributed by atoms with Gasteiger partial charge in [-0.05, 0) is 12.1 Å². The molecule has 8 heteroatoms. The molecule has 0 saturated carbocycles. The highest BCUT2D eigenvalue weighted by molar-refractivity contribution is 6.32. The van der Waals surface area contributed by atoms with Crippen molar-refractivity contribution in [2.45, 2.75) is 0 Å². The van der Waals surface area contributed by atoms with E-state index >= 15 is 0 Å². The maximum Gasteiger partial charge on any atom is 0.288 e. The molecule has 5 nitrogen and oxygen atoms in total. The summed E-state index contributed by atoms with van der Waals surface area (Å²) in [5.74, 6) is -0.916. The minimum atomic E-state index is -0.748. The monoisotopic (exact) mass is 302 g/mol. The van der Waals surface area contributed by atoms with Gasteiger partial charge in [0.1, 0.15) is 10.8 Å². The van der Waals surface area contributed by atoms with Gasteiger partial charge in [-0.15, -0.1) is 0 Å². The standard InChI is InChI=1S/C11H5Cl2FN2O3/c12-6-3-9(14)11(15-5-6)19-7-1-2-10(16(17)18)8(13)4-7/h1-5H. The Hall–Kier alpha value is -1.92. The number of ether oxygens (including phenoxy) is 1. The van der Waals surface area contributed by atoms with E-state index in [1.807, 2.05) is 0 Å². The molecule has 0 aliphatic carbocycles. The molecule has 0 amide bonds. The molecular formula is C11H5Cl2FN2O3. The van der Waals surface area contributed by atoms with Crippen molar-refractivity contribution in [1.82, 2.24) is 4.98 Å². The smallest absolute Gasteiger partial charge is 0.288 e. The fourth-order valence-corrected chi connectivity index (χ4v) is 1.67. The number of rotatable bonds is 3. The summed E-state index contributed by atoms with van der Waals surface area (Å²) in [5, 5.41) is 10.6. The van der Waals surface area contributed by atoms with E-state index in [1.54, 1.807) is 0 Å². The number of halogens is 3. The topological polar surface area (TPSA) is 65.3 Å². The summed E-state index contributed by atoms with van der Waals surface area (Å²) in [6.45, 7) is 0. The predicted octanol–water partition coefficient (Wildman–Crippen LogP) is 4.23. The van der Waals surface area contributed by atoms with Gasteiger partial charge in [0.05, 0.1) is 9.95 Å². The van der Waals surface area contributed by atoms with E-state index < -0.39 is 10.7 Å². The molecule has 1 aromatic carbocycles. The number of hydrogen-bond donors (Lipinski definition) is 0. The van der Waals surface area contributed by atoms with Gasteiger partial charge >= 0.3 is 0 Å². The summed E-state index contributed by atoms with van der Waals surface area (Å²) in [7, 11) is 0. The molecule has 0 aliphatic rings. The lowest BCUT2D eigenvalue weighted by Crippen LogP contribution is -1.93. The number of hydrogen-bond acceptors (Lipinski definition) is 4. The van der Waals surface area contributed by atoms with Crippen LogP contribution in [0.15, 0.2) is 30.5 Å². The first-order valence-corrected chi connectivity index (χ1v) is 5.66. The average molecular weight is 303 g/mol. The SMILES string of the molecule is O=[N+]([O-])c1ccc(Oc2ncc(Cl)cc2F)cc1Cl. The second-order valence-electron chi connectivity index (χ2n) is 3.41. The highest BCUT2D eigenvalue weighted by Gasteiger charge is 2.14. The minimum absolute atomic E-state index is 0.114. The lowest BCUT2D eigenvalue weighted by Gasteiger charge is -2.06. The quantitative estimate of drug-likeness (QED) is 0.628. The molecule has 0 fully saturated rings. The van der Waals surface area contributed by atoms with Crippen molar-refractivity contribution in [3.05, 3.63) is 56.4 Å². The predicted molar refractivity (Wildman–Crippen MR) is 67.4 cm³/mol. The van der Waals surface area contributed by atoms with Crippen molar-refractivity contribution in [2.24, 2.45) is 0 Å². The number of nitro groups is 1. The molecule has 0 saturated heterocycles. The third-order valence-electron chi connectivity index (χ3n) is 2.10. The molecule has 0 unspecified atom stereocenters. The van der Waals surface area contributed by atoms with Gasteiger partial charge in [-0.3, -0.25) is 10.1 Å². The summed E-state index contributed by atoms with van der Waals surface area (Å²) in [6, 6.07) is 4.69. The van der Waals surface area contributed by atoms with Gasteiger partial charge in [0.25, 0.3) is 11.6 Å². The fourth-order valence-electron chi connectivity index (χ4n) is 1.29. The van der Waals surface area contributed by atoms with Crippen molar-refractivity contribution in [3.8, 4) is 11.6 Å².